The monoisotopic (exact) mass is 491 g/mol. The summed E-state index contributed by atoms with van der Waals surface area (Å²) >= 11 is 7.35. The van der Waals surface area contributed by atoms with E-state index in [9.17, 15) is 14.0 Å². The zero-order valence-corrected chi connectivity index (χ0v) is 20.1. The van der Waals surface area contributed by atoms with E-state index in [0.29, 0.717) is 10.2 Å². The average molecular weight is 492 g/mol. The molecule has 0 aliphatic heterocycles. The van der Waals surface area contributed by atoms with E-state index in [4.69, 9.17) is 16.3 Å². The maximum absolute atomic E-state index is 13.8. The summed E-state index contributed by atoms with van der Waals surface area (Å²) in [6.45, 7) is 7.07. The molecular weight excluding hydrogens is 469 g/mol. The molecule has 174 valence electrons. The van der Waals surface area contributed by atoms with Gasteiger partial charge in [0.25, 0.3) is 0 Å². The van der Waals surface area contributed by atoms with Gasteiger partial charge in [0.2, 0.25) is 5.91 Å². The largest absolute Gasteiger partial charge is 0.444 e. The number of hydrogen-bond acceptors (Lipinski definition) is 6. The Hall–Kier alpha value is -3.11. The highest BCUT2D eigenvalue weighted by Gasteiger charge is 2.18. The van der Waals surface area contributed by atoms with Gasteiger partial charge in [0, 0.05) is 5.02 Å². The summed E-state index contributed by atoms with van der Waals surface area (Å²) < 4.78 is 20.7. The van der Waals surface area contributed by atoms with Gasteiger partial charge in [-0.15, -0.1) is 10.2 Å². The van der Waals surface area contributed by atoms with Crippen LogP contribution in [-0.4, -0.2) is 38.1 Å². The fourth-order valence-electron chi connectivity index (χ4n) is 2.69. The zero-order chi connectivity index (χ0) is 24.2. The average Bonchev–Trinajstić information content (AvgIpc) is 3.18. The van der Waals surface area contributed by atoms with Crippen LogP contribution in [0.25, 0.3) is 5.69 Å². The normalized spacial score (nSPS) is 11.2. The van der Waals surface area contributed by atoms with E-state index in [1.165, 1.54) is 18.5 Å². The minimum absolute atomic E-state index is 0.0271. The minimum atomic E-state index is -0.719. The number of benzene rings is 2. The Kier molecular flexibility index (Phi) is 7.60. The SMILES string of the molecule is Cc1ccc(-n2cnnc2SCC(=O)Nc2cc(F)ccc2NC(=O)OC(C)(C)C)cc1Cl. The number of halogens is 2. The number of rotatable bonds is 6. The van der Waals surface area contributed by atoms with Crippen LogP contribution in [0.3, 0.4) is 0 Å². The Morgan fingerprint density at radius 2 is 1.91 bits per heavy atom. The lowest BCUT2D eigenvalue weighted by Crippen LogP contribution is -2.27. The van der Waals surface area contributed by atoms with Crippen molar-refractivity contribution in [3.8, 4) is 5.69 Å². The van der Waals surface area contributed by atoms with E-state index in [0.717, 1.165) is 29.1 Å². The lowest BCUT2D eigenvalue weighted by Gasteiger charge is -2.20. The second-order valence-corrected chi connectivity index (χ2v) is 9.42. The number of aromatic nitrogens is 3. The molecule has 33 heavy (non-hydrogen) atoms. The van der Waals surface area contributed by atoms with Crippen molar-refractivity contribution in [2.75, 3.05) is 16.4 Å². The predicted octanol–water partition coefficient (Wildman–Crippen LogP) is 5.45. The van der Waals surface area contributed by atoms with Crippen molar-refractivity contribution in [2.45, 2.75) is 38.5 Å². The van der Waals surface area contributed by atoms with Crippen LogP contribution in [0.2, 0.25) is 5.02 Å². The van der Waals surface area contributed by atoms with Gasteiger partial charge in [0.05, 0.1) is 22.8 Å². The molecule has 1 aromatic heterocycles. The molecule has 0 fully saturated rings. The highest BCUT2D eigenvalue weighted by molar-refractivity contribution is 7.99. The van der Waals surface area contributed by atoms with Crippen LogP contribution in [0, 0.1) is 12.7 Å². The summed E-state index contributed by atoms with van der Waals surface area (Å²) in [6, 6.07) is 9.17. The van der Waals surface area contributed by atoms with Crippen LogP contribution >= 0.6 is 23.4 Å². The van der Waals surface area contributed by atoms with Crippen molar-refractivity contribution in [3.63, 3.8) is 0 Å². The number of ether oxygens (including phenoxy) is 1. The molecule has 0 saturated carbocycles. The molecule has 0 bridgehead atoms. The van der Waals surface area contributed by atoms with Gasteiger partial charge in [-0.3, -0.25) is 14.7 Å². The second-order valence-electron chi connectivity index (χ2n) is 8.07. The van der Waals surface area contributed by atoms with Crippen molar-refractivity contribution in [1.82, 2.24) is 14.8 Å². The molecule has 8 nitrogen and oxygen atoms in total. The van der Waals surface area contributed by atoms with Gasteiger partial charge in [-0.05, 0) is 63.6 Å². The molecule has 11 heteroatoms. The van der Waals surface area contributed by atoms with E-state index < -0.39 is 23.4 Å². The molecule has 1 heterocycles. The van der Waals surface area contributed by atoms with Crippen molar-refractivity contribution in [2.24, 2.45) is 0 Å². The van der Waals surface area contributed by atoms with Crippen LogP contribution in [0.5, 0.6) is 0 Å². The smallest absolute Gasteiger partial charge is 0.412 e. The summed E-state index contributed by atoms with van der Waals surface area (Å²) in [7, 11) is 0. The Labute approximate surface area is 199 Å². The zero-order valence-electron chi connectivity index (χ0n) is 18.5. The molecule has 0 atom stereocenters. The van der Waals surface area contributed by atoms with Crippen LogP contribution in [-0.2, 0) is 9.53 Å². The first kappa shape index (κ1) is 24.5. The Morgan fingerprint density at radius 3 is 2.61 bits per heavy atom. The molecule has 0 saturated heterocycles. The Morgan fingerprint density at radius 1 is 1.15 bits per heavy atom. The summed E-state index contributed by atoms with van der Waals surface area (Å²) in [4.78, 5) is 24.6. The third-order valence-electron chi connectivity index (χ3n) is 4.17. The Bertz CT molecular complexity index is 1180. The number of thioether (sulfide) groups is 1. The molecule has 2 amide bonds. The van der Waals surface area contributed by atoms with Gasteiger partial charge in [-0.2, -0.15) is 0 Å². The van der Waals surface area contributed by atoms with E-state index in [1.54, 1.807) is 31.4 Å². The molecule has 3 rings (SSSR count). The topological polar surface area (TPSA) is 98.1 Å². The molecular formula is C22H23ClFN5O3S. The molecule has 0 spiro atoms. The summed E-state index contributed by atoms with van der Waals surface area (Å²) in [5.41, 5.74) is 1.31. The molecule has 0 radical (unpaired) electrons. The molecule has 2 N–H and O–H groups in total. The van der Waals surface area contributed by atoms with Gasteiger partial charge >= 0.3 is 6.09 Å². The number of nitrogens with zero attached hydrogens (tertiary/aromatic N) is 3. The van der Waals surface area contributed by atoms with Gasteiger partial charge in [0.15, 0.2) is 5.16 Å². The number of anilines is 2. The fraction of sp³-hybridized carbons (Fsp3) is 0.273. The minimum Gasteiger partial charge on any atom is -0.444 e. The molecule has 0 aliphatic carbocycles. The number of amides is 2. The third-order valence-corrected chi connectivity index (χ3v) is 5.52. The highest BCUT2D eigenvalue weighted by atomic mass is 35.5. The van der Waals surface area contributed by atoms with E-state index in [-0.39, 0.29) is 17.1 Å². The molecule has 3 aromatic rings. The number of hydrogen-bond donors (Lipinski definition) is 2. The lowest BCUT2D eigenvalue weighted by atomic mass is 10.2. The quantitative estimate of drug-likeness (QED) is 0.445. The second kappa shape index (κ2) is 10.2. The highest BCUT2D eigenvalue weighted by Crippen LogP contribution is 2.26. The van der Waals surface area contributed by atoms with Crippen molar-refractivity contribution in [3.05, 3.63) is 59.1 Å². The number of carbonyl (C=O) groups is 2. The molecule has 2 aromatic carbocycles. The predicted molar refractivity (Wildman–Crippen MR) is 127 cm³/mol. The standard InChI is InChI=1S/C22H23ClFN5O3S/c1-13-5-7-15(10-16(13)23)29-12-25-28-20(29)33-11-19(30)26-18-9-14(24)6-8-17(18)27-21(31)32-22(2,3)4/h5-10,12H,11H2,1-4H3,(H,26,30)(H,27,31). The van der Waals surface area contributed by atoms with Crippen LogP contribution in [0.1, 0.15) is 26.3 Å². The van der Waals surface area contributed by atoms with Crippen molar-refractivity contribution in [1.29, 1.82) is 0 Å². The number of aryl methyl sites for hydroxylation is 1. The van der Waals surface area contributed by atoms with Crippen molar-refractivity contribution < 1.29 is 18.7 Å². The van der Waals surface area contributed by atoms with E-state index >= 15 is 0 Å². The fourth-order valence-corrected chi connectivity index (χ4v) is 3.59. The van der Waals surface area contributed by atoms with Crippen molar-refractivity contribution >= 4 is 46.7 Å². The Balaban J connectivity index is 1.68. The maximum atomic E-state index is 13.8. The maximum Gasteiger partial charge on any atom is 0.412 e. The lowest BCUT2D eigenvalue weighted by molar-refractivity contribution is -0.113. The van der Waals surface area contributed by atoms with Crippen LogP contribution in [0.15, 0.2) is 47.9 Å². The summed E-state index contributed by atoms with van der Waals surface area (Å²) in [5, 5.41) is 14.2. The third kappa shape index (κ3) is 6.93. The summed E-state index contributed by atoms with van der Waals surface area (Å²) in [6.07, 6.45) is 0.806. The van der Waals surface area contributed by atoms with Crippen LogP contribution < -0.4 is 10.6 Å². The first-order valence-electron chi connectivity index (χ1n) is 9.90. The van der Waals surface area contributed by atoms with Gasteiger partial charge < -0.3 is 10.1 Å². The number of nitrogens with one attached hydrogen (secondary N) is 2. The van der Waals surface area contributed by atoms with E-state index in [1.807, 2.05) is 19.1 Å². The van der Waals surface area contributed by atoms with Gasteiger partial charge in [-0.1, -0.05) is 29.4 Å². The van der Waals surface area contributed by atoms with Crippen LogP contribution in [0.4, 0.5) is 20.6 Å². The van der Waals surface area contributed by atoms with E-state index in [2.05, 4.69) is 20.8 Å². The summed E-state index contributed by atoms with van der Waals surface area (Å²) in [5.74, 6) is -1.02. The van der Waals surface area contributed by atoms with Gasteiger partial charge in [-0.25, -0.2) is 9.18 Å². The number of carbonyl (C=O) groups excluding carboxylic acids is 2. The first-order valence-corrected chi connectivity index (χ1v) is 11.3. The first-order chi connectivity index (χ1) is 15.5. The van der Waals surface area contributed by atoms with Gasteiger partial charge in [0.1, 0.15) is 17.7 Å². The molecule has 0 aliphatic rings. The molecule has 0 unspecified atom stereocenters.